The minimum absolute atomic E-state index is 0.107. The first kappa shape index (κ1) is 13.3. The highest BCUT2D eigenvalue weighted by atomic mass is 16.1. The molecular formula is C13H19N5O. The smallest absolute Gasteiger partial charge is 0.293 e. The van der Waals surface area contributed by atoms with Crippen molar-refractivity contribution in [3.63, 3.8) is 0 Å². The quantitative estimate of drug-likeness (QED) is 0.912. The molecule has 0 radical (unpaired) electrons. The summed E-state index contributed by atoms with van der Waals surface area (Å²) in [5.41, 5.74) is 1.63. The monoisotopic (exact) mass is 261 g/mol. The van der Waals surface area contributed by atoms with Crippen molar-refractivity contribution in [3.05, 3.63) is 34.6 Å². The van der Waals surface area contributed by atoms with Crippen LogP contribution >= 0.6 is 0 Å². The van der Waals surface area contributed by atoms with E-state index in [1.807, 2.05) is 34.0 Å². The molecule has 2 rings (SSSR count). The Kier molecular flexibility index (Phi) is 3.69. The van der Waals surface area contributed by atoms with Gasteiger partial charge in [0.2, 0.25) is 0 Å². The van der Waals surface area contributed by atoms with Crippen molar-refractivity contribution in [2.24, 2.45) is 7.05 Å². The van der Waals surface area contributed by atoms with Crippen molar-refractivity contribution in [1.29, 1.82) is 0 Å². The van der Waals surface area contributed by atoms with Gasteiger partial charge in [-0.05, 0) is 20.3 Å². The predicted molar refractivity (Wildman–Crippen MR) is 74.8 cm³/mol. The molecule has 19 heavy (non-hydrogen) atoms. The second kappa shape index (κ2) is 5.26. The second-order valence-electron chi connectivity index (χ2n) is 4.72. The van der Waals surface area contributed by atoms with Crippen molar-refractivity contribution in [1.82, 2.24) is 19.3 Å². The molecule has 2 aromatic heterocycles. The number of nitrogens with zero attached hydrogens (tertiary/aromatic N) is 4. The van der Waals surface area contributed by atoms with E-state index >= 15 is 0 Å². The van der Waals surface area contributed by atoms with Crippen molar-refractivity contribution in [2.75, 3.05) is 5.32 Å². The average Bonchev–Trinajstić information content (AvgIpc) is 2.71. The number of rotatable bonds is 4. The third kappa shape index (κ3) is 2.67. The van der Waals surface area contributed by atoms with Crippen LogP contribution in [0.15, 0.2) is 23.4 Å². The fraction of sp³-hybridized carbons (Fsp3) is 0.462. The lowest BCUT2D eigenvalue weighted by Crippen LogP contribution is -2.24. The second-order valence-corrected chi connectivity index (χ2v) is 4.72. The van der Waals surface area contributed by atoms with E-state index in [1.165, 1.54) is 0 Å². The molecular weight excluding hydrogens is 242 g/mol. The van der Waals surface area contributed by atoms with Crippen LogP contribution in [-0.2, 0) is 13.5 Å². The molecule has 0 saturated carbocycles. The summed E-state index contributed by atoms with van der Waals surface area (Å²) in [6, 6.07) is 0.107. The lowest BCUT2D eigenvalue weighted by molar-refractivity contribution is 0.576. The van der Waals surface area contributed by atoms with Gasteiger partial charge in [0, 0.05) is 31.7 Å². The van der Waals surface area contributed by atoms with Gasteiger partial charge in [-0.3, -0.25) is 9.48 Å². The Bertz CT molecular complexity index is 626. The molecule has 0 fully saturated rings. The van der Waals surface area contributed by atoms with Crippen LogP contribution in [-0.4, -0.2) is 19.3 Å². The maximum absolute atomic E-state index is 12.2. The van der Waals surface area contributed by atoms with Crippen LogP contribution in [0.4, 0.5) is 11.5 Å². The van der Waals surface area contributed by atoms with E-state index < -0.39 is 0 Å². The first-order chi connectivity index (χ1) is 9.02. The maximum Gasteiger partial charge on any atom is 0.293 e. The molecule has 1 N–H and O–H groups in total. The highest BCUT2D eigenvalue weighted by Gasteiger charge is 2.11. The van der Waals surface area contributed by atoms with Crippen molar-refractivity contribution in [2.45, 2.75) is 33.2 Å². The SMILES string of the molecule is CCc1nn(C)cc1Nc1nccn(C(C)C)c1=O. The topological polar surface area (TPSA) is 64.7 Å². The highest BCUT2D eigenvalue weighted by molar-refractivity contribution is 5.57. The van der Waals surface area contributed by atoms with E-state index in [9.17, 15) is 4.79 Å². The molecule has 0 saturated heterocycles. The summed E-state index contributed by atoms with van der Waals surface area (Å²) in [5, 5.41) is 7.41. The minimum Gasteiger partial charge on any atom is -0.333 e. The Morgan fingerprint density at radius 3 is 2.79 bits per heavy atom. The van der Waals surface area contributed by atoms with E-state index in [0.717, 1.165) is 17.8 Å². The molecule has 0 spiro atoms. The summed E-state index contributed by atoms with van der Waals surface area (Å²) in [7, 11) is 1.86. The molecule has 102 valence electrons. The Hall–Kier alpha value is -2.11. The normalized spacial score (nSPS) is 11.0. The van der Waals surface area contributed by atoms with Crippen LogP contribution in [0.3, 0.4) is 0 Å². The zero-order valence-corrected chi connectivity index (χ0v) is 11.7. The predicted octanol–water partition coefficient (Wildman–Crippen LogP) is 1.86. The molecule has 0 aliphatic carbocycles. The summed E-state index contributed by atoms with van der Waals surface area (Å²) in [6.45, 7) is 5.96. The lowest BCUT2D eigenvalue weighted by Gasteiger charge is -2.11. The minimum atomic E-state index is -0.122. The van der Waals surface area contributed by atoms with Gasteiger partial charge in [0.15, 0.2) is 5.82 Å². The fourth-order valence-corrected chi connectivity index (χ4v) is 1.94. The molecule has 6 nitrogen and oxygen atoms in total. The molecule has 0 aliphatic rings. The summed E-state index contributed by atoms with van der Waals surface area (Å²) in [6.07, 6.45) is 5.98. The number of anilines is 2. The molecule has 0 atom stereocenters. The number of aromatic nitrogens is 4. The number of hydrogen-bond acceptors (Lipinski definition) is 4. The lowest BCUT2D eigenvalue weighted by atomic mass is 10.3. The molecule has 0 aromatic carbocycles. The van der Waals surface area contributed by atoms with Crippen LogP contribution in [0.25, 0.3) is 0 Å². The maximum atomic E-state index is 12.2. The largest absolute Gasteiger partial charge is 0.333 e. The van der Waals surface area contributed by atoms with E-state index in [2.05, 4.69) is 15.4 Å². The zero-order chi connectivity index (χ0) is 14.0. The van der Waals surface area contributed by atoms with E-state index in [1.54, 1.807) is 21.6 Å². The standard InChI is InChI=1S/C13H19N5O/c1-5-10-11(8-17(4)16-10)15-12-13(19)18(9(2)3)7-6-14-12/h6-9H,5H2,1-4H3,(H,14,15). The molecule has 0 amide bonds. The van der Waals surface area contributed by atoms with E-state index in [-0.39, 0.29) is 11.6 Å². The van der Waals surface area contributed by atoms with Gasteiger partial charge in [-0.25, -0.2) is 4.98 Å². The molecule has 2 heterocycles. The number of hydrogen-bond donors (Lipinski definition) is 1. The van der Waals surface area contributed by atoms with Gasteiger partial charge in [-0.2, -0.15) is 5.10 Å². The summed E-state index contributed by atoms with van der Waals surface area (Å²) in [5.74, 6) is 0.332. The van der Waals surface area contributed by atoms with Gasteiger partial charge in [-0.1, -0.05) is 6.92 Å². The van der Waals surface area contributed by atoms with Gasteiger partial charge in [0.05, 0.1) is 11.4 Å². The Morgan fingerprint density at radius 1 is 1.42 bits per heavy atom. The Labute approximate surface area is 112 Å². The van der Waals surface area contributed by atoms with Crippen LogP contribution in [0.5, 0.6) is 0 Å². The molecule has 6 heteroatoms. The third-order valence-electron chi connectivity index (χ3n) is 2.92. The van der Waals surface area contributed by atoms with Gasteiger partial charge < -0.3 is 9.88 Å². The highest BCUT2D eigenvalue weighted by Crippen LogP contribution is 2.17. The van der Waals surface area contributed by atoms with Crippen molar-refractivity contribution < 1.29 is 0 Å². The first-order valence-corrected chi connectivity index (χ1v) is 6.39. The molecule has 2 aromatic rings. The molecule has 0 bridgehead atoms. The molecule has 0 aliphatic heterocycles. The van der Waals surface area contributed by atoms with E-state index in [4.69, 9.17) is 0 Å². The third-order valence-corrected chi connectivity index (χ3v) is 2.92. The Balaban J connectivity index is 2.38. The van der Waals surface area contributed by atoms with Crippen LogP contribution in [0.1, 0.15) is 32.5 Å². The summed E-state index contributed by atoms with van der Waals surface area (Å²) >= 11 is 0. The van der Waals surface area contributed by atoms with Crippen molar-refractivity contribution >= 4 is 11.5 Å². The number of nitrogens with one attached hydrogen (secondary N) is 1. The van der Waals surface area contributed by atoms with Crippen LogP contribution < -0.4 is 10.9 Å². The van der Waals surface area contributed by atoms with E-state index in [0.29, 0.717) is 5.82 Å². The Morgan fingerprint density at radius 2 is 2.16 bits per heavy atom. The first-order valence-electron chi connectivity index (χ1n) is 6.39. The fourth-order valence-electron chi connectivity index (χ4n) is 1.94. The van der Waals surface area contributed by atoms with Gasteiger partial charge in [0.1, 0.15) is 0 Å². The number of aryl methyl sites for hydroxylation is 2. The molecule has 0 unspecified atom stereocenters. The summed E-state index contributed by atoms with van der Waals surface area (Å²) in [4.78, 5) is 16.4. The van der Waals surface area contributed by atoms with Gasteiger partial charge in [-0.15, -0.1) is 0 Å². The zero-order valence-electron chi connectivity index (χ0n) is 11.7. The van der Waals surface area contributed by atoms with Crippen molar-refractivity contribution in [3.8, 4) is 0 Å². The van der Waals surface area contributed by atoms with Gasteiger partial charge in [0.25, 0.3) is 5.56 Å². The average molecular weight is 261 g/mol. The van der Waals surface area contributed by atoms with Gasteiger partial charge >= 0.3 is 0 Å². The summed E-state index contributed by atoms with van der Waals surface area (Å²) < 4.78 is 3.38. The van der Waals surface area contributed by atoms with Crippen LogP contribution in [0.2, 0.25) is 0 Å². The van der Waals surface area contributed by atoms with Crippen LogP contribution in [0, 0.1) is 0 Å².